The molecule has 0 bridgehead atoms. The maximum absolute atomic E-state index is 12.9. The van der Waals surface area contributed by atoms with Gasteiger partial charge in [-0.1, -0.05) is 0 Å². The molecule has 4 nitrogen and oxygen atoms in total. The van der Waals surface area contributed by atoms with E-state index in [9.17, 15) is 34.8 Å². The first kappa shape index (κ1) is 18.1. The molecule has 13 heteroatoms. The molecule has 0 saturated heterocycles. The minimum atomic E-state index is -5.34. The van der Waals surface area contributed by atoms with Crippen LogP contribution in [0.25, 0.3) is 0 Å². The maximum Gasteiger partial charge on any atom is 0.574 e. The van der Waals surface area contributed by atoms with Crippen LogP contribution >= 0.6 is 22.3 Å². The Kier molecular flexibility index (Phi) is 4.91. The molecule has 0 saturated carbocycles. The molecule has 21 heavy (non-hydrogen) atoms. The summed E-state index contributed by atoms with van der Waals surface area (Å²) in [6, 6.07) is 0. The third kappa shape index (κ3) is 4.51. The molecule has 0 unspecified atom stereocenters. The molecule has 0 atom stereocenters. The minimum absolute atomic E-state index is 0.0161. The summed E-state index contributed by atoms with van der Waals surface area (Å²) in [7, 11) is -0.105. The molecule has 0 fully saturated rings. The number of aromatic nitrogens is 1. The van der Waals surface area contributed by atoms with Crippen LogP contribution in [0, 0.1) is 0 Å². The zero-order chi connectivity index (χ0) is 16.6. The van der Waals surface area contributed by atoms with Gasteiger partial charge in [-0.2, -0.15) is 13.2 Å². The van der Waals surface area contributed by atoms with E-state index in [4.69, 9.17) is 22.3 Å². The van der Waals surface area contributed by atoms with Gasteiger partial charge in [0.1, 0.15) is 4.90 Å². The lowest BCUT2D eigenvalue weighted by atomic mass is 10.1. The zero-order valence-corrected chi connectivity index (χ0v) is 11.7. The Morgan fingerprint density at radius 2 is 1.71 bits per heavy atom. The number of halogens is 8. The van der Waals surface area contributed by atoms with Crippen molar-refractivity contribution < 1.29 is 39.5 Å². The first-order valence-corrected chi connectivity index (χ1v) is 7.47. The number of pyridine rings is 1. The van der Waals surface area contributed by atoms with Crippen LogP contribution in [0.4, 0.5) is 26.3 Å². The summed E-state index contributed by atoms with van der Waals surface area (Å²) in [5.41, 5.74) is -3.25. The second kappa shape index (κ2) is 5.69. The SMILES string of the molecule is O=S(=O)(Cl)c1cnc(OC(F)(F)F)c(CCl)c1C(F)(F)F. The van der Waals surface area contributed by atoms with Crippen LogP contribution in [0.1, 0.15) is 11.1 Å². The Labute approximate surface area is 123 Å². The average Bonchev–Trinajstić information content (AvgIpc) is 2.23. The van der Waals surface area contributed by atoms with E-state index in [1.54, 1.807) is 0 Å². The summed E-state index contributed by atoms with van der Waals surface area (Å²) in [5.74, 6) is -2.64. The van der Waals surface area contributed by atoms with Gasteiger partial charge in [0.15, 0.2) is 0 Å². The van der Waals surface area contributed by atoms with Crippen molar-refractivity contribution in [3.05, 3.63) is 17.3 Å². The number of hydrogen-bond donors (Lipinski definition) is 0. The highest BCUT2D eigenvalue weighted by atomic mass is 35.7. The van der Waals surface area contributed by atoms with Crippen molar-refractivity contribution in [1.29, 1.82) is 0 Å². The molecule has 0 N–H and O–H groups in total. The number of alkyl halides is 7. The fourth-order valence-electron chi connectivity index (χ4n) is 1.33. The van der Waals surface area contributed by atoms with Gasteiger partial charge in [0.25, 0.3) is 9.05 Å². The normalized spacial score (nSPS) is 13.3. The van der Waals surface area contributed by atoms with Gasteiger partial charge in [0, 0.05) is 16.2 Å². The summed E-state index contributed by atoms with van der Waals surface area (Å²) in [6.45, 7) is 0. The van der Waals surface area contributed by atoms with Gasteiger partial charge >= 0.3 is 12.5 Å². The summed E-state index contributed by atoms with van der Waals surface area (Å²) in [6.07, 6.45) is -10.7. The molecule has 120 valence electrons. The van der Waals surface area contributed by atoms with Gasteiger partial charge in [-0.3, -0.25) is 0 Å². The summed E-state index contributed by atoms with van der Waals surface area (Å²) in [4.78, 5) is 1.37. The fourth-order valence-corrected chi connectivity index (χ4v) is 2.59. The highest BCUT2D eigenvalue weighted by molar-refractivity contribution is 8.13. The van der Waals surface area contributed by atoms with E-state index < -0.39 is 49.4 Å². The molecule has 0 spiro atoms. The van der Waals surface area contributed by atoms with Crippen molar-refractivity contribution in [2.75, 3.05) is 0 Å². The van der Waals surface area contributed by atoms with Crippen LogP contribution in [0.15, 0.2) is 11.1 Å². The Morgan fingerprint density at radius 3 is 2.05 bits per heavy atom. The molecule has 1 aromatic rings. The van der Waals surface area contributed by atoms with Gasteiger partial charge < -0.3 is 4.74 Å². The zero-order valence-electron chi connectivity index (χ0n) is 9.39. The summed E-state index contributed by atoms with van der Waals surface area (Å²) >= 11 is 5.17. The van der Waals surface area contributed by atoms with E-state index in [0.717, 1.165) is 0 Å². The number of ether oxygens (including phenoxy) is 1. The van der Waals surface area contributed by atoms with Crippen LogP contribution in [-0.4, -0.2) is 19.8 Å². The van der Waals surface area contributed by atoms with E-state index in [2.05, 4.69) is 9.72 Å². The first-order valence-electron chi connectivity index (χ1n) is 4.63. The topological polar surface area (TPSA) is 56.3 Å². The second-order valence-corrected chi connectivity index (χ2v) is 6.20. The minimum Gasteiger partial charge on any atom is -0.388 e. The summed E-state index contributed by atoms with van der Waals surface area (Å²) in [5, 5.41) is 0. The fraction of sp³-hybridized carbons (Fsp3) is 0.375. The summed E-state index contributed by atoms with van der Waals surface area (Å²) < 4.78 is 100. The van der Waals surface area contributed by atoms with Crippen molar-refractivity contribution in [2.24, 2.45) is 0 Å². The van der Waals surface area contributed by atoms with Crippen LogP contribution in [0.5, 0.6) is 5.88 Å². The quantitative estimate of drug-likeness (QED) is 0.458. The smallest absolute Gasteiger partial charge is 0.388 e. The number of nitrogens with zero attached hydrogens (tertiary/aromatic N) is 1. The molecule has 1 rings (SSSR count). The molecular formula is C8H3Cl2F6NO3S. The van der Waals surface area contributed by atoms with Gasteiger partial charge in [-0.05, 0) is 0 Å². The largest absolute Gasteiger partial charge is 0.574 e. The van der Waals surface area contributed by atoms with E-state index >= 15 is 0 Å². The Morgan fingerprint density at radius 1 is 1.19 bits per heavy atom. The second-order valence-electron chi connectivity index (χ2n) is 3.40. The standard InChI is InChI=1S/C8H3Cl2F6NO3S/c9-1-3-5(7(11,12)13)4(21(10,18)19)2-17-6(3)20-8(14,15)16/h2H,1H2. The highest BCUT2D eigenvalue weighted by Crippen LogP contribution is 2.41. The molecule has 1 heterocycles. The Balaban J connectivity index is 3.71. The van der Waals surface area contributed by atoms with Gasteiger partial charge in [-0.15, -0.1) is 24.8 Å². The van der Waals surface area contributed by atoms with Crippen molar-refractivity contribution in [3.63, 3.8) is 0 Å². The molecular weight excluding hydrogens is 375 g/mol. The predicted octanol–water partition coefficient (Wildman–Crippen LogP) is 3.67. The van der Waals surface area contributed by atoms with Crippen molar-refractivity contribution in [1.82, 2.24) is 4.98 Å². The van der Waals surface area contributed by atoms with Crippen molar-refractivity contribution >= 4 is 31.3 Å². The van der Waals surface area contributed by atoms with Gasteiger partial charge in [-0.25, -0.2) is 13.4 Å². The average molecular weight is 378 g/mol. The first-order chi connectivity index (χ1) is 9.27. The molecule has 0 aliphatic heterocycles. The lowest BCUT2D eigenvalue weighted by Gasteiger charge is -2.18. The van der Waals surface area contributed by atoms with Crippen LogP contribution in [-0.2, 0) is 21.1 Å². The molecule has 0 aliphatic carbocycles. The van der Waals surface area contributed by atoms with E-state index in [0.29, 0.717) is 0 Å². The van der Waals surface area contributed by atoms with Crippen LogP contribution in [0.3, 0.4) is 0 Å². The predicted molar refractivity (Wildman–Crippen MR) is 58.5 cm³/mol. The molecule has 0 aromatic carbocycles. The monoisotopic (exact) mass is 377 g/mol. The third-order valence-electron chi connectivity index (χ3n) is 2.00. The van der Waals surface area contributed by atoms with Crippen molar-refractivity contribution in [2.45, 2.75) is 23.3 Å². The molecule has 0 aliphatic rings. The van der Waals surface area contributed by atoms with Crippen LogP contribution in [0.2, 0.25) is 0 Å². The highest BCUT2D eigenvalue weighted by Gasteiger charge is 2.43. The molecule has 1 aromatic heterocycles. The maximum atomic E-state index is 12.9. The lowest BCUT2D eigenvalue weighted by Crippen LogP contribution is -2.22. The molecule has 0 amide bonds. The lowest BCUT2D eigenvalue weighted by molar-refractivity contribution is -0.276. The third-order valence-corrected chi connectivity index (χ3v) is 3.60. The van der Waals surface area contributed by atoms with Crippen molar-refractivity contribution in [3.8, 4) is 5.88 Å². The van der Waals surface area contributed by atoms with E-state index in [-0.39, 0.29) is 6.20 Å². The number of rotatable bonds is 3. The molecule has 0 radical (unpaired) electrons. The Bertz CT molecular complexity index is 643. The van der Waals surface area contributed by atoms with Crippen LogP contribution < -0.4 is 4.74 Å². The van der Waals surface area contributed by atoms with E-state index in [1.807, 2.05) is 0 Å². The Hall–Kier alpha value is -0.940. The van der Waals surface area contributed by atoms with Gasteiger partial charge in [0.05, 0.1) is 17.6 Å². The van der Waals surface area contributed by atoms with E-state index in [1.165, 1.54) is 0 Å². The number of hydrogen-bond acceptors (Lipinski definition) is 4. The van der Waals surface area contributed by atoms with Gasteiger partial charge in [0.2, 0.25) is 5.88 Å².